The number of unbranched alkanes of at least 4 members (excludes halogenated alkanes) is 4. The summed E-state index contributed by atoms with van der Waals surface area (Å²) >= 11 is 0. The lowest BCUT2D eigenvalue weighted by molar-refractivity contribution is 0.772. The van der Waals surface area contributed by atoms with E-state index < -0.39 is 0 Å². The SMILES string of the molecule is CCCCC.CCCCC.Cc1ccccc1.Nc1ccccc1. The average Bonchev–Trinajstić information content (AvgIpc) is 2.59. The van der Waals surface area contributed by atoms with Gasteiger partial charge in [-0.25, -0.2) is 0 Å². The zero-order valence-corrected chi connectivity index (χ0v) is 16.6. The molecule has 0 aromatic heterocycles. The van der Waals surface area contributed by atoms with E-state index >= 15 is 0 Å². The van der Waals surface area contributed by atoms with E-state index in [0.29, 0.717) is 0 Å². The Hall–Kier alpha value is -1.76. The lowest BCUT2D eigenvalue weighted by atomic mass is 10.2. The molecule has 0 bridgehead atoms. The third-order valence-electron chi connectivity index (χ3n) is 3.15. The number of rotatable bonds is 4. The first-order valence-corrected chi connectivity index (χ1v) is 9.44. The van der Waals surface area contributed by atoms with Gasteiger partial charge in [-0.15, -0.1) is 0 Å². The highest BCUT2D eigenvalue weighted by Gasteiger charge is 1.73. The Morgan fingerprint density at radius 3 is 1.04 bits per heavy atom. The van der Waals surface area contributed by atoms with Crippen LogP contribution in [0.15, 0.2) is 60.7 Å². The van der Waals surface area contributed by atoms with Crippen molar-refractivity contribution in [3.05, 3.63) is 66.2 Å². The van der Waals surface area contributed by atoms with Gasteiger partial charge in [0, 0.05) is 5.69 Å². The summed E-state index contributed by atoms with van der Waals surface area (Å²) in [6.45, 7) is 10.9. The molecule has 0 spiro atoms. The largest absolute Gasteiger partial charge is 0.399 e. The summed E-state index contributed by atoms with van der Waals surface area (Å²) in [5, 5.41) is 0. The fourth-order valence-electron chi connectivity index (χ4n) is 1.69. The van der Waals surface area contributed by atoms with Gasteiger partial charge < -0.3 is 5.73 Å². The van der Waals surface area contributed by atoms with E-state index in [1.807, 2.05) is 48.5 Å². The van der Waals surface area contributed by atoms with Crippen LogP contribution in [0.3, 0.4) is 0 Å². The van der Waals surface area contributed by atoms with Crippen molar-refractivity contribution in [3.8, 4) is 0 Å². The molecule has 0 saturated heterocycles. The molecule has 0 atom stereocenters. The van der Waals surface area contributed by atoms with Crippen molar-refractivity contribution >= 4 is 5.69 Å². The summed E-state index contributed by atoms with van der Waals surface area (Å²) < 4.78 is 0. The molecule has 0 aliphatic carbocycles. The highest BCUT2D eigenvalue weighted by atomic mass is 14.5. The molecule has 0 aliphatic heterocycles. The molecule has 0 unspecified atom stereocenters. The van der Waals surface area contributed by atoms with E-state index in [0.717, 1.165) is 5.69 Å². The highest BCUT2D eigenvalue weighted by molar-refractivity contribution is 5.35. The predicted molar refractivity (Wildman–Crippen MR) is 112 cm³/mol. The van der Waals surface area contributed by atoms with Crippen LogP contribution >= 0.6 is 0 Å². The van der Waals surface area contributed by atoms with Crippen LogP contribution in [0.5, 0.6) is 0 Å². The molecule has 2 rings (SSSR count). The van der Waals surface area contributed by atoms with Crippen molar-refractivity contribution in [3.63, 3.8) is 0 Å². The van der Waals surface area contributed by atoms with Gasteiger partial charge in [0.15, 0.2) is 0 Å². The monoisotopic (exact) mass is 329 g/mol. The Kier molecular flexibility index (Phi) is 21.7. The number of anilines is 1. The summed E-state index contributed by atoms with van der Waals surface area (Å²) in [6, 6.07) is 19.7. The Morgan fingerprint density at radius 2 is 0.917 bits per heavy atom. The van der Waals surface area contributed by atoms with Gasteiger partial charge in [0.05, 0.1) is 0 Å². The molecule has 2 aromatic carbocycles. The molecule has 136 valence electrons. The summed E-state index contributed by atoms with van der Waals surface area (Å²) in [5.74, 6) is 0. The molecule has 24 heavy (non-hydrogen) atoms. The van der Waals surface area contributed by atoms with Gasteiger partial charge in [-0.05, 0) is 19.1 Å². The minimum absolute atomic E-state index is 0.822. The number of hydrogen-bond acceptors (Lipinski definition) is 1. The number of aryl methyl sites for hydroxylation is 1. The first-order valence-electron chi connectivity index (χ1n) is 9.44. The summed E-state index contributed by atoms with van der Waals surface area (Å²) in [5.41, 5.74) is 7.50. The summed E-state index contributed by atoms with van der Waals surface area (Å²) in [4.78, 5) is 0. The van der Waals surface area contributed by atoms with Crippen LogP contribution in [-0.4, -0.2) is 0 Å². The normalized spacial score (nSPS) is 8.54. The van der Waals surface area contributed by atoms with Crippen LogP contribution < -0.4 is 5.73 Å². The minimum Gasteiger partial charge on any atom is -0.399 e. The summed E-state index contributed by atoms with van der Waals surface area (Å²) in [6.07, 6.45) is 8.15. The number of benzene rings is 2. The predicted octanol–water partition coefficient (Wildman–Crippen LogP) is 7.66. The molecule has 0 saturated carbocycles. The van der Waals surface area contributed by atoms with Crippen LogP contribution in [0.1, 0.15) is 71.8 Å². The number of hydrogen-bond donors (Lipinski definition) is 1. The van der Waals surface area contributed by atoms with Gasteiger partial charge in [-0.3, -0.25) is 0 Å². The van der Waals surface area contributed by atoms with Crippen LogP contribution in [0.2, 0.25) is 0 Å². The first-order chi connectivity index (χ1) is 11.6. The van der Waals surface area contributed by atoms with Gasteiger partial charge in [0.25, 0.3) is 0 Å². The Labute approximate surface area is 151 Å². The van der Waals surface area contributed by atoms with Crippen molar-refractivity contribution in [2.45, 2.75) is 73.1 Å². The molecule has 2 aromatic rings. The fourth-order valence-corrected chi connectivity index (χ4v) is 1.69. The Morgan fingerprint density at radius 1 is 0.583 bits per heavy atom. The molecular weight excluding hydrogens is 290 g/mol. The van der Waals surface area contributed by atoms with Crippen LogP contribution in [-0.2, 0) is 0 Å². The lowest BCUT2D eigenvalue weighted by Crippen LogP contribution is -1.79. The molecule has 1 heteroatoms. The van der Waals surface area contributed by atoms with E-state index in [-0.39, 0.29) is 0 Å². The quantitative estimate of drug-likeness (QED) is 0.572. The van der Waals surface area contributed by atoms with E-state index in [2.05, 4.69) is 46.8 Å². The second-order valence-electron chi connectivity index (χ2n) is 5.77. The molecule has 0 amide bonds. The van der Waals surface area contributed by atoms with E-state index in [1.165, 1.54) is 44.1 Å². The molecule has 0 heterocycles. The molecule has 0 radical (unpaired) electrons. The second kappa shape index (κ2) is 21.2. The molecule has 0 fully saturated rings. The Balaban J connectivity index is 0. The van der Waals surface area contributed by atoms with Gasteiger partial charge in [0.1, 0.15) is 0 Å². The van der Waals surface area contributed by atoms with Crippen LogP contribution in [0, 0.1) is 6.92 Å². The number of nitrogens with two attached hydrogens (primary N) is 1. The van der Waals surface area contributed by atoms with Gasteiger partial charge in [-0.2, -0.15) is 0 Å². The average molecular weight is 330 g/mol. The van der Waals surface area contributed by atoms with Crippen molar-refractivity contribution in [2.24, 2.45) is 0 Å². The zero-order valence-electron chi connectivity index (χ0n) is 16.6. The number of para-hydroxylation sites is 1. The standard InChI is InChI=1S/C7H8.C6H7N.2C5H12/c1-7-5-3-2-4-6-7;7-6-4-2-1-3-5-6;2*1-3-5-4-2/h2-6H,1H3;1-5H,7H2;2*3-5H2,1-2H3. The van der Waals surface area contributed by atoms with Crippen molar-refractivity contribution in [2.75, 3.05) is 5.73 Å². The third kappa shape index (κ3) is 22.5. The fraction of sp³-hybridized carbons (Fsp3) is 0.478. The smallest absolute Gasteiger partial charge is 0.0313 e. The maximum Gasteiger partial charge on any atom is 0.0313 e. The van der Waals surface area contributed by atoms with Crippen LogP contribution in [0.4, 0.5) is 5.69 Å². The van der Waals surface area contributed by atoms with Crippen LogP contribution in [0.25, 0.3) is 0 Å². The molecule has 0 aliphatic rings. The van der Waals surface area contributed by atoms with Gasteiger partial charge in [-0.1, -0.05) is 120 Å². The topological polar surface area (TPSA) is 26.0 Å². The molecular formula is C23H39N. The maximum absolute atomic E-state index is 5.36. The first kappa shape index (κ1) is 24.5. The maximum atomic E-state index is 5.36. The Bertz CT molecular complexity index is 375. The summed E-state index contributed by atoms with van der Waals surface area (Å²) in [7, 11) is 0. The van der Waals surface area contributed by atoms with E-state index in [9.17, 15) is 0 Å². The second-order valence-corrected chi connectivity index (χ2v) is 5.77. The van der Waals surface area contributed by atoms with Crippen molar-refractivity contribution in [1.82, 2.24) is 0 Å². The molecule has 1 nitrogen and oxygen atoms in total. The van der Waals surface area contributed by atoms with Crippen molar-refractivity contribution in [1.29, 1.82) is 0 Å². The van der Waals surface area contributed by atoms with Crippen molar-refractivity contribution < 1.29 is 0 Å². The van der Waals surface area contributed by atoms with Gasteiger partial charge in [0.2, 0.25) is 0 Å². The van der Waals surface area contributed by atoms with Gasteiger partial charge >= 0.3 is 0 Å². The minimum atomic E-state index is 0.822. The third-order valence-corrected chi connectivity index (χ3v) is 3.15. The highest BCUT2D eigenvalue weighted by Crippen LogP contribution is 1.96. The lowest BCUT2D eigenvalue weighted by Gasteiger charge is -1.83. The van der Waals surface area contributed by atoms with E-state index in [1.54, 1.807) is 0 Å². The number of nitrogen functional groups attached to an aromatic ring is 1. The molecule has 2 N–H and O–H groups in total. The zero-order chi connectivity index (χ0) is 18.5. The van der Waals surface area contributed by atoms with E-state index in [4.69, 9.17) is 5.73 Å².